The van der Waals surface area contributed by atoms with E-state index in [1.165, 1.54) is 6.26 Å². The van der Waals surface area contributed by atoms with Crippen LogP contribution in [0.4, 0.5) is 0 Å². The quantitative estimate of drug-likeness (QED) is 0.594. The number of carboxylic acids is 1. The van der Waals surface area contributed by atoms with Crippen LogP contribution in [-0.2, 0) is 9.53 Å². The molecule has 0 bridgehead atoms. The van der Waals surface area contributed by atoms with Gasteiger partial charge in [0.2, 0.25) is 0 Å². The number of carbonyl (C=O) groups is 1. The number of aliphatic carboxylic acids is 1. The SMILES string of the molecule is CC1OC=CC1(C)C(=O)O. The summed E-state index contributed by atoms with van der Waals surface area (Å²) in [6, 6.07) is 0. The molecule has 2 atom stereocenters. The first-order valence-electron chi connectivity index (χ1n) is 3.14. The van der Waals surface area contributed by atoms with Crippen LogP contribution in [0.15, 0.2) is 12.3 Å². The van der Waals surface area contributed by atoms with E-state index >= 15 is 0 Å². The minimum Gasteiger partial charge on any atom is -0.497 e. The number of rotatable bonds is 1. The summed E-state index contributed by atoms with van der Waals surface area (Å²) < 4.78 is 4.97. The number of hydrogen-bond acceptors (Lipinski definition) is 2. The molecule has 3 nitrogen and oxygen atoms in total. The summed E-state index contributed by atoms with van der Waals surface area (Å²) in [4.78, 5) is 10.6. The van der Waals surface area contributed by atoms with Gasteiger partial charge in [-0.25, -0.2) is 0 Å². The van der Waals surface area contributed by atoms with Crippen LogP contribution in [-0.4, -0.2) is 17.2 Å². The van der Waals surface area contributed by atoms with Crippen molar-refractivity contribution in [3.8, 4) is 0 Å². The molecule has 2 unspecified atom stereocenters. The highest BCUT2D eigenvalue weighted by Crippen LogP contribution is 2.31. The molecular formula is C7H10O3. The third-order valence-electron chi connectivity index (χ3n) is 2.00. The Labute approximate surface area is 59.3 Å². The van der Waals surface area contributed by atoms with Crippen molar-refractivity contribution < 1.29 is 14.6 Å². The Bertz CT molecular complexity index is 185. The normalized spacial score (nSPS) is 37.6. The van der Waals surface area contributed by atoms with Crippen LogP contribution in [0.3, 0.4) is 0 Å². The fraction of sp³-hybridized carbons (Fsp3) is 0.571. The number of ether oxygens (including phenoxy) is 1. The van der Waals surface area contributed by atoms with Gasteiger partial charge in [0.1, 0.15) is 11.5 Å². The molecule has 0 saturated heterocycles. The molecule has 0 aromatic carbocycles. The molecule has 0 aromatic rings. The van der Waals surface area contributed by atoms with Gasteiger partial charge in [0.25, 0.3) is 0 Å². The predicted octanol–water partition coefficient (Wildman–Crippen LogP) is 1.01. The third kappa shape index (κ3) is 0.781. The first-order valence-corrected chi connectivity index (χ1v) is 3.14. The van der Waals surface area contributed by atoms with Crippen LogP contribution < -0.4 is 0 Å². The molecule has 0 aromatic heterocycles. The van der Waals surface area contributed by atoms with E-state index in [9.17, 15) is 4.79 Å². The predicted molar refractivity (Wildman–Crippen MR) is 35.4 cm³/mol. The molecule has 1 aliphatic rings. The van der Waals surface area contributed by atoms with E-state index in [0.717, 1.165) is 0 Å². The highest BCUT2D eigenvalue weighted by molar-refractivity contribution is 5.77. The van der Waals surface area contributed by atoms with Gasteiger partial charge in [-0.1, -0.05) is 0 Å². The van der Waals surface area contributed by atoms with Crippen molar-refractivity contribution in [2.45, 2.75) is 20.0 Å². The minimum atomic E-state index is -0.839. The molecule has 0 aliphatic carbocycles. The van der Waals surface area contributed by atoms with Crippen LogP contribution >= 0.6 is 0 Å². The maximum absolute atomic E-state index is 10.6. The lowest BCUT2D eigenvalue weighted by Gasteiger charge is -2.20. The van der Waals surface area contributed by atoms with Crippen molar-refractivity contribution >= 4 is 5.97 Å². The molecular weight excluding hydrogens is 132 g/mol. The van der Waals surface area contributed by atoms with Crippen LogP contribution in [0.25, 0.3) is 0 Å². The van der Waals surface area contributed by atoms with Gasteiger partial charge < -0.3 is 9.84 Å². The Morgan fingerprint density at radius 3 is 2.60 bits per heavy atom. The van der Waals surface area contributed by atoms with E-state index in [0.29, 0.717) is 0 Å². The molecule has 1 aliphatic heterocycles. The van der Waals surface area contributed by atoms with E-state index in [-0.39, 0.29) is 6.10 Å². The van der Waals surface area contributed by atoms with Gasteiger partial charge in [0, 0.05) is 0 Å². The number of carboxylic acid groups (broad SMARTS) is 1. The molecule has 1 N–H and O–H groups in total. The standard InChI is InChI=1S/C7H10O3/c1-5-7(2,6(8)9)3-4-10-5/h3-5H,1-2H3,(H,8,9). The summed E-state index contributed by atoms with van der Waals surface area (Å²) in [5.41, 5.74) is -0.833. The Morgan fingerprint density at radius 1 is 1.80 bits per heavy atom. The fourth-order valence-corrected chi connectivity index (χ4v) is 0.821. The van der Waals surface area contributed by atoms with Crippen molar-refractivity contribution in [3.05, 3.63) is 12.3 Å². The molecule has 56 valence electrons. The molecule has 0 spiro atoms. The second-order valence-electron chi connectivity index (χ2n) is 2.67. The third-order valence-corrected chi connectivity index (χ3v) is 2.00. The topological polar surface area (TPSA) is 46.5 Å². The van der Waals surface area contributed by atoms with Crippen LogP contribution in [0, 0.1) is 5.41 Å². The van der Waals surface area contributed by atoms with Gasteiger partial charge >= 0.3 is 5.97 Å². The molecule has 0 saturated carbocycles. The Hall–Kier alpha value is -0.990. The van der Waals surface area contributed by atoms with Crippen molar-refractivity contribution in [1.82, 2.24) is 0 Å². The Balaban J connectivity index is 2.85. The maximum atomic E-state index is 10.6. The van der Waals surface area contributed by atoms with Gasteiger partial charge in [-0.3, -0.25) is 4.79 Å². The van der Waals surface area contributed by atoms with Gasteiger partial charge in [0.15, 0.2) is 0 Å². The monoisotopic (exact) mass is 142 g/mol. The zero-order chi connectivity index (χ0) is 7.78. The van der Waals surface area contributed by atoms with Crippen LogP contribution in [0.5, 0.6) is 0 Å². The summed E-state index contributed by atoms with van der Waals surface area (Å²) >= 11 is 0. The smallest absolute Gasteiger partial charge is 0.317 e. The average Bonchev–Trinajstić information content (AvgIpc) is 2.15. The lowest BCUT2D eigenvalue weighted by Crippen LogP contribution is -2.33. The average molecular weight is 142 g/mol. The van der Waals surface area contributed by atoms with Crippen molar-refractivity contribution in [1.29, 1.82) is 0 Å². The molecule has 0 fully saturated rings. The van der Waals surface area contributed by atoms with Crippen molar-refractivity contribution in [2.75, 3.05) is 0 Å². The van der Waals surface area contributed by atoms with Crippen LogP contribution in [0.1, 0.15) is 13.8 Å². The summed E-state index contributed by atoms with van der Waals surface area (Å²) in [6.45, 7) is 3.39. The zero-order valence-corrected chi connectivity index (χ0v) is 6.00. The molecule has 0 radical (unpaired) electrons. The highest BCUT2D eigenvalue weighted by Gasteiger charge is 2.41. The minimum absolute atomic E-state index is 0.259. The second-order valence-corrected chi connectivity index (χ2v) is 2.67. The lowest BCUT2D eigenvalue weighted by molar-refractivity contribution is -0.148. The molecule has 1 heterocycles. The first kappa shape index (κ1) is 7.12. The van der Waals surface area contributed by atoms with Crippen molar-refractivity contribution in [3.63, 3.8) is 0 Å². The zero-order valence-electron chi connectivity index (χ0n) is 6.00. The van der Waals surface area contributed by atoms with Crippen LogP contribution in [0.2, 0.25) is 0 Å². The van der Waals surface area contributed by atoms with E-state index in [1.807, 2.05) is 0 Å². The van der Waals surface area contributed by atoms with Crippen molar-refractivity contribution in [2.24, 2.45) is 5.41 Å². The molecule has 3 heteroatoms. The summed E-state index contributed by atoms with van der Waals surface area (Å²) in [7, 11) is 0. The van der Waals surface area contributed by atoms with Gasteiger partial charge in [-0.05, 0) is 19.9 Å². The number of hydrogen-bond donors (Lipinski definition) is 1. The second kappa shape index (κ2) is 2.01. The summed E-state index contributed by atoms with van der Waals surface area (Å²) in [5, 5.41) is 8.71. The fourth-order valence-electron chi connectivity index (χ4n) is 0.821. The van der Waals surface area contributed by atoms with Gasteiger partial charge in [-0.15, -0.1) is 0 Å². The van der Waals surface area contributed by atoms with E-state index in [1.54, 1.807) is 19.9 Å². The Kier molecular flexibility index (Phi) is 1.43. The first-order chi connectivity index (χ1) is 4.57. The highest BCUT2D eigenvalue weighted by atomic mass is 16.5. The maximum Gasteiger partial charge on any atom is 0.317 e. The largest absolute Gasteiger partial charge is 0.497 e. The summed E-state index contributed by atoms with van der Waals surface area (Å²) in [6.07, 6.45) is 2.75. The Morgan fingerprint density at radius 2 is 2.40 bits per heavy atom. The van der Waals surface area contributed by atoms with E-state index < -0.39 is 11.4 Å². The summed E-state index contributed by atoms with van der Waals surface area (Å²) in [5.74, 6) is -0.839. The van der Waals surface area contributed by atoms with Gasteiger partial charge in [-0.2, -0.15) is 0 Å². The molecule has 1 rings (SSSR count). The molecule has 10 heavy (non-hydrogen) atoms. The molecule has 0 amide bonds. The van der Waals surface area contributed by atoms with E-state index in [2.05, 4.69) is 0 Å². The lowest BCUT2D eigenvalue weighted by atomic mass is 9.87. The van der Waals surface area contributed by atoms with Gasteiger partial charge in [0.05, 0.1) is 6.26 Å². The van der Waals surface area contributed by atoms with E-state index in [4.69, 9.17) is 9.84 Å².